The highest BCUT2D eigenvalue weighted by Gasteiger charge is 2.48. The van der Waals surface area contributed by atoms with Crippen LogP contribution in [-0.2, 0) is 43.3 Å². The van der Waals surface area contributed by atoms with Gasteiger partial charge in [-0.2, -0.15) is 0 Å². The van der Waals surface area contributed by atoms with E-state index in [9.17, 15) is 47.5 Å². The fourth-order valence-electron chi connectivity index (χ4n) is 6.64. The van der Waals surface area contributed by atoms with Crippen LogP contribution in [0, 0.1) is 18.0 Å². The molecule has 2 heterocycles. The Kier molecular flexibility index (Phi) is 16.6. The van der Waals surface area contributed by atoms with Crippen LogP contribution >= 0.6 is 0 Å². The van der Waals surface area contributed by atoms with Gasteiger partial charge in [-0.1, -0.05) is 43.9 Å². The number of hydrogen-bond acceptors (Lipinski definition) is 14. The third-order valence-electron chi connectivity index (χ3n) is 9.31. The second-order valence-electron chi connectivity index (χ2n) is 13.4. The van der Waals surface area contributed by atoms with Crippen molar-refractivity contribution in [2.75, 3.05) is 13.2 Å². The molecule has 2 aromatic rings. The van der Waals surface area contributed by atoms with Gasteiger partial charge in [0.15, 0.2) is 0 Å². The van der Waals surface area contributed by atoms with Crippen molar-refractivity contribution in [1.82, 2.24) is 20.7 Å². The molecule has 2 aliphatic rings. The summed E-state index contributed by atoms with van der Waals surface area (Å²) in [5.74, 6) is -5.76. The Morgan fingerprint density at radius 2 is 1.71 bits per heavy atom. The molecular formula is C35H49N5O15S. The molecule has 1 aliphatic heterocycles. The number of benzene rings is 1. The molecule has 21 heteroatoms. The second kappa shape index (κ2) is 20.6. The number of nitrogens with zero attached hydrogens (tertiary/aromatic N) is 3. The predicted molar refractivity (Wildman–Crippen MR) is 191 cm³/mol. The number of esters is 1. The van der Waals surface area contributed by atoms with E-state index >= 15 is 0 Å². The van der Waals surface area contributed by atoms with Gasteiger partial charge in [0.05, 0.1) is 35.5 Å². The molecule has 1 saturated carbocycles. The normalized spacial score (nSPS) is 19.3. The predicted octanol–water partition coefficient (Wildman–Crippen LogP) is 1.20. The summed E-state index contributed by atoms with van der Waals surface area (Å²) >= 11 is 0. The summed E-state index contributed by atoms with van der Waals surface area (Å²) in [5.41, 5.74) is 0.791. The van der Waals surface area contributed by atoms with Crippen molar-refractivity contribution in [3.8, 4) is 5.88 Å². The van der Waals surface area contributed by atoms with Crippen LogP contribution in [0.15, 0.2) is 38.8 Å². The summed E-state index contributed by atoms with van der Waals surface area (Å²) < 4.78 is 39.8. The minimum absolute atomic E-state index is 0.00817. The van der Waals surface area contributed by atoms with E-state index in [4.69, 9.17) is 19.7 Å². The Hall–Kier alpha value is -5.31. The van der Waals surface area contributed by atoms with E-state index in [0.29, 0.717) is 19.4 Å². The van der Waals surface area contributed by atoms with E-state index in [2.05, 4.69) is 15.1 Å². The number of amides is 2. The monoisotopic (exact) mass is 811 g/mol. The van der Waals surface area contributed by atoms with Gasteiger partial charge in [-0.25, -0.2) is 18.0 Å². The Balaban J connectivity index is 0.000000303. The fourth-order valence-corrected chi connectivity index (χ4v) is 7.91. The number of aryl methyl sites for hydroxylation is 1. The number of sulfone groups is 1. The SMILES string of the molecule is CCC[C@H](N[C@@H](C)C(=O)N1C(C(=O)O)C[C@@H]2CCCC[C@@H]21)C(=O)OCC.Cc1ccc(S(=O)(=O)c2c(OCCC(=O)N[C@@H](CC(=O)O)C(=O)O)no[n+]2[O-])cc1. The zero-order valence-electron chi connectivity index (χ0n) is 31.5. The molecular weight excluding hydrogens is 762 g/mol. The molecule has 310 valence electrons. The van der Waals surface area contributed by atoms with Gasteiger partial charge in [-0.15, -0.1) is 0 Å². The molecule has 0 spiro atoms. The van der Waals surface area contributed by atoms with Gasteiger partial charge in [-0.05, 0) is 69.4 Å². The molecule has 4 rings (SSSR count). The molecule has 0 radical (unpaired) electrons. The minimum Gasteiger partial charge on any atom is -0.481 e. The van der Waals surface area contributed by atoms with Gasteiger partial charge in [0.25, 0.3) is 9.84 Å². The van der Waals surface area contributed by atoms with Crippen LogP contribution in [0.5, 0.6) is 5.88 Å². The quantitative estimate of drug-likeness (QED) is 0.104. The second-order valence-corrected chi connectivity index (χ2v) is 15.3. The zero-order valence-corrected chi connectivity index (χ0v) is 32.4. The maximum absolute atomic E-state index is 13.1. The molecule has 1 saturated heterocycles. The van der Waals surface area contributed by atoms with E-state index in [1.807, 2.05) is 12.2 Å². The maximum Gasteiger partial charge on any atom is 0.414 e. The molecule has 1 aromatic heterocycles. The van der Waals surface area contributed by atoms with E-state index in [1.165, 1.54) is 24.3 Å². The zero-order chi connectivity index (χ0) is 41.7. The number of carboxylic acids is 3. The number of fused-ring (bicyclic) bond motifs is 1. The van der Waals surface area contributed by atoms with E-state index < -0.39 is 88.2 Å². The number of hydrogen-bond donors (Lipinski definition) is 5. The van der Waals surface area contributed by atoms with Crippen molar-refractivity contribution in [2.24, 2.45) is 5.92 Å². The third kappa shape index (κ3) is 11.8. The summed E-state index contributed by atoms with van der Waals surface area (Å²) in [5, 5.41) is 46.3. The summed E-state index contributed by atoms with van der Waals surface area (Å²) in [6.45, 7) is 6.97. The summed E-state index contributed by atoms with van der Waals surface area (Å²) in [7, 11) is -4.34. The maximum atomic E-state index is 13.1. The first kappa shape index (κ1) is 45.1. The number of ether oxygens (including phenoxy) is 2. The lowest BCUT2D eigenvalue weighted by Crippen LogP contribution is -2.55. The number of carbonyl (C=O) groups excluding carboxylic acids is 3. The Labute approximate surface area is 322 Å². The van der Waals surface area contributed by atoms with E-state index in [1.54, 1.807) is 25.7 Å². The molecule has 6 atom stereocenters. The van der Waals surface area contributed by atoms with Gasteiger partial charge in [-0.3, -0.25) is 29.1 Å². The smallest absolute Gasteiger partial charge is 0.414 e. The summed E-state index contributed by atoms with van der Waals surface area (Å²) in [6, 6.07) is 2.04. The lowest BCUT2D eigenvalue weighted by Gasteiger charge is -2.35. The van der Waals surface area contributed by atoms with Crippen LogP contribution in [0.1, 0.15) is 84.1 Å². The number of aliphatic carboxylic acids is 3. The number of carboxylic acid groups (broad SMARTS) is 3. The molecule has 1 unspecified atom stereocenters. The molecule has 5 N–H and O–H groups in total. The van der Waals surface area contributed by atoms with Crippen molar-refractivity contribution < 1.29 is 71.5 Å². The van der Waals surface area contributed by atoms with Crippen LogP contribution in [0.25, 0.3) is 0 Å². The van der Waals surface area contributed by atoms with Crippen molar-refractivity contribution >= 4 is 45.5 Å². The topological polar surface area (TPSA) is 296 Å². The average molecular weight is 812 g/mol. The van der Waals surface area contributed by atoms with E-state index in [0.717, 1.165) is 37.7 Å². The molecule has 2 amide bonds. The van der Waals surface area contributed by atoms with Crippen LogP contribution in [0.4, 0.5) is 0 Å². The first-order valence-electron chi connectivity index (χ1n) is 18.2. The minimum atomic E-state index is -4.34. The highest BCUT2D eigenvalue weighted by Crippen LogP contribution is 2.40. The van der Waals surface area contributed by atoms with Crippen molar-refractivity contribution in [2.45, 2.75) is 126 Å². The molecule has 56 heavy (non-hydrogen) atoms. The number of rotatable bonds is 18. The Morgan fingerprint density at radius 3 is 2.30 bits per heavy atom. The van der Waals surface area contributed by atoms with E-state index in [-0.39, 0.29) is 33.6 Å². The van der Waals surface area contributed by atoms with Crippen LogP contribution < -0.4 is 20.3 Å². The molecule has 0 bridgehead atoms. The van der Waals surface area contributed by atoms with Crippen molar-refractivity contribution in [3.05, 3.63) is 35.0 Å². The van der Waals surface area contributed by atoms with Crippen LogP contribution in [0.2, 0.25) is 0 Å². The van der Waals surface area contributed by atoms with Gasteiger partial charge >= 0.3 is 34.8 Å². The lowest BCUT2D eigenvalue weighted by molar-refractivity contribution is -0.832. The first-order chi connectivity index (χ1) is 26.4. The number of aromatic nitrogens is 2. The molecule has 20 nitrogen and oxygen atoms in total. The Bertz CT molecular complexity index is 1820. The molecule has 1 aromatic carbocycles. The van der Waals surface area contributed by atoms with Crippen molar-refractivity contribution in [3.63, 3.8) is 0 Å². The number of carbonyl (C=O) groups is 6. The standard InChI is InChI=1S/C19H32N2O5.C16H17N3O10S/c1-4-8-14(19(25)26-5-2)20-12(3)17(22)21-15-10-7-6-9-13(15)11-16(21)18(23)24;1-9-2-4-10(5-3-9)30(26,27)15-14(18-29-19(15)25)28-7-6-12(20)17-11(16(23)24)8-13(21)22/h12-16,20H,4-11H2,1-3H3,(H,23,24);2-5,11H,6-8H2,1H3,(H,17,20)(H,21,22)(H,23,24)/t12-,13-,14-,15-,16?;11-/m00/s1. The van der Waals surface area contributed by atoms with Crippen LogP contribution in [0.3, 0.4) is 0 Å². The lowest BCUT2D eigenvalue weighted by atomic mass is 9.84. The highest BCUT2D eigenvalue weighted by atomic mass is 32.2. The number of nitrogens with one attached hydrogen (secondary N) is 2. The van der Waals surface area contributed by atoms with Crippen molar-refractivity contribution in [1.29, 1.82) is 0 Å². The highest BCUT2D eigenvalue weighted by molar-refractivity contribution is 7.91. The summed E-state index contributed by atoms with van der Waals surface area (Å²) in [6.07, 6.45) is 4.57. The molecule has 2 fully saturated rings. The average Bonchev–Trinajstić information content (AvgIpc) is 3.72. The first-order valence-corrected chi connectivity index (χ1v) is 19.7. The third-order valence-corrected chi connectivity index (χ3v) is 11.0. The largest absolute Gasteiger partial charge is 0.481 e. The van der Waals surface area contributed by atoms with Gasteiger partial charge < -0.3 is 40.2 Å². The van der Waals surface area contributed by atoms with Gasteiger partial charge in [0, 0.05) is 6.04 Å². The van der Waals surface area contributed by atoms with Gasteiger partial charge in [0.2, 0.25) is 11.8 Å². The Morgan fingerprint density at radius 1 is 1.05 bits per heavy atom. The summed E-state index contributed by atoms with van der Waals surface area (Å²) in [4.78, 5) is 71.3. The van der Waals surface area contributed by atoms with Crippen LogP contribution in [-0.4, -0.2) is 113 Å². The molecule has 1 aliphatic carbocycles. The fraction of sp³-hybridized carbons (Fsp3) is 0.600. The van der Waals surface area contributed by atoms with Gasteiger partial charge in [0.1, 0.15) is 24.7 Å². The number of likely N-dealkylation sites (tertiary alicyclic amines) is 1.